The maximum absolute atomic E-state index is 16.9. The highest BCUT2D eigenvalue weighted by Gasteiger charge is 2.74. The first-order chi connectivity index (χ1) is 67.4. The number of amides is 1. The summed E-state index contributed by atoms with van der Waals surface area (Å²) < 4.78 is 111. The van der Waals surface area contributed by atoms with E-state index in [2.05, 4.69) is 52.2 Å². The van der Waals surface area contributed by atoms with E-state index < -0.39 is 371 Å². The Labute approximate surface area is 834 Å². The summed E-state index contributed by atoms with van der Waals surface area (Å²) in [5, 5.41) is 262. The summed E-state index contributed by atoms with van der Waals surface area (Å²) >= 11 is 0. The Morgan fingerprint density at radius 3 is 1.64 bits per heavy atom. The highest BCUT2D eigenvalue weighted by molar-refractivity contribution is 5.89. The van der Waals surface area contributed by atoms with Crippen LogP contribution in [0.5, 0.6) is 0 Å². The van der Waals surface area contributed by atoms with E-state index in [1.807, 2.05) is 6.92 Å². The first-order valence-electron chi connectivity index (χ1n) is 49.8. The number of hydrogen-bond donors (Lipinski definition) is 24. The smallest absolute Gasteiger partial charge is 0.336 e. The lowest BCUT2D eigenvalue weighted by Crippen LogP contribution is -2.70. The van der Waals surface area contributed by atoms with Gasteiger partial charge in [-0.3, -0.25) is 9.59 Å². The van der Waals surface area contributed by atoms with E-state index in [-0.39, 0.29) is 61.5 Å². The van der Waals surface area contributed by atoms with Crippen LogP contribution >= 0.6 is 0 Å². The standard InChI is InChI=1S/C98H155NO45/c1-17-93(12,126)27-19-21-40(3)80(123)138-75-42(5)131-87(73(121)69(75)117)144-94(13,18-2)28-20-22-45(34-100)81(124)136-57-33-98(90(125)143-89-79(68(116)62(110)50(36-102)134-89)142-86-74(122)77(140-85-72(120)66(114)61(109)49(35-101)132-85)76(43(6)130-86)139-84-71(119)63(111)51(37-103)133-84)47(31-91(57,8)9)46-23-24-54-95(14)29-26-56(92(10,11)53(95)25-30-96(54,15)97(46,16)32-55(98)106)137-82-58(99-44(7)104)65(113)64(112)52(135-82)39-128-88-78(67(115)59(107)41(4)129-88)141-83-70(118)60(108)48(105)38-127-83/h17-18,21-23,41-43,47-79,82-89,100-103,105-122,126H,1-2,19-20,24-39H2,3-16H3,(H,99,104)/b40-21+,45-22+/t41-,42-,43+,47+,48-,49-,50-,51+,52-,53+,54-,55-,56+,57+,58-,59+,60+,61-,62-,63+,64-,65-,66+,67+,68+,69-,70-,71-,72-,73-,74-,75-,76+,77+,78-,79-,82+,83+,84+,85+,86+,87+,88-,89+,93?,94-,95+,96-,97-,98-/m1/s1. The van der Waals surface area contributed by atoms with Gasteiger partial charge in [-0.1, -0.05) is 84.4 Å². The molecule has 13 rings (SSSR count). The second kappa shape index (κ2) is 45.8. The minimum Gasteiger partial charge on any atom is -0.458 e. The van der Waals surface area contributed by atoms with Gasteiger partial charge in [-0.25, -0.2) is 9.59 Å². The summed E-state index contributed by atoms with van der Waals surface area (Å²) in [7, 11) is 0. The zero-order valence-corrected chi connectivity index (χ0v) is 83.7. The Bertz CT molecular complexity index is 4470. The molecule has 8 aliphatic heterocycles. The Balaban J connectivity index is 0.787. The molecule has 822 valence electrons. The number of nitrogens with one attached hydrogen (secondary N) is 1. The van der Waals surface area contributed by atoms with Gasteiger partial charge >= 0.3 is 17.9 Å². The van der Waals surface area contributed by atoms with Crippen molar-refractivity contribution in [2.45, 2.75) is 437 Å². The average molecular weight is 2070 g/mol. The first kappa shape index (κ1) is 116. The van der Waals surface area contributed by atoms with E-state index in [0.29, 0.717) is 32.1 Å². The maximum atomic E-state index is 16.9. The van der Waals surface area contributed by atoms with Gasteiger partial charge in [0.15, 0.2) is 56.2 Å². The van der Waals surface area contributed by atoms with Crippen molar-refractivity contribution in [1.29, 1.82) is 0 Å². The first-order valence-corrected chi connectivity index (χ1v) is 49.8. The average Bonchev–Trinajstić information content (AvgIpc) is 0.691. The molecule has 1 unspecified atom stereocenters. The number of fused-ring (bicyclic) bond motifs is 7. The molecular formula is C98H155NO45. The van der Waals surface area contributed by atoms with E-state index in [4.69, 9.17) is 85.3 Å². The lowest BCUT2D eigenvalue weighted by molar-refractivity contribution is -0.390. The van der Waals surface area contributed by atoms with Crippen LogP contribution < -0.4 is 5.32 Å². The van der Waals surface area contributed by atoms with Crippen LogP contribution in [0.1, 0.15) is 174 Å². The van der Waals surface area contributed by atoms with E-state index >= 15 is 9.59 Å². The molecule has 46 heteroatoms. The fourth-order valence-electron chi connectivity index (χ4n) is 24.6. The van der Waals surface area contributed by atoms with Crippen molar-refractivity contribution in [3.05, 3.63) is 60.3 Å². The van der Waals surface area contributed by atoms with Crippen LogP contribution in [0.25, 0.3) is 0 Å². The predicted molar refractivity (Wildman–Crippen MR) is 488 cm³/mol. The molecule has 0 radical (unpaired) electrons. The number of carbonyl (C=O) groups excluding carboxylic acids is 4. The Morgan fingerprint density at radius 2 is 1.01 bits per heavy atom. The molecule has 13 aliphatic rings. The largest absolute Gasteiger partial charge is 0.458 e. The summed E-state index contributed by atoms with van der Waals surface area (Å²) in [6.07, 6.45) is -59.4. The van der Waals surface area contributed by atoms with Gasteiger partial charge in [0.2, 0.25) is 12.2 Å². The SMILES string of the molecule is C=CC(C)(O)CC/C=C(\C)C(=O)O[C@H]1[C@H](O)[C@@H](O)[C@H](O[C@](C)(C=C)CC/C=C(\CO)C(=O)O[C@H]2C[C@]3(C(=O)O[C@@H]4O[C@H](CO)[C@@H](O)[C@H](O)[C@H]4O[C@@H]4O[C@@H](C)[C@H](O[C@@H]5O[C@@H](CO)[C@H](O)[C@H]5O)[C@@H](O[C@@H]5O[C@H](CO)[C@@H](O)[C@H](O)[C@H]5O)[C@H]4O)[C@H](O)C[C@]4(C)C(=CC[C@@H]5[C@@]6(C)CC[C@H](O[C@@H]7O[C@H](CO[C@@H]8O[C@H](C)[C@H](O)[C@H](O)[C@H]8O[C@@H]8OC[C@@H](O)[C@H](O)[C@H]8O)[C@@H](O)[C@H](O)[C@H]7NC(C)=O)C(C)(C)[C@@H]6CC[C@]54C)[C@@H]3CC2(C)C)O[C@@H]1C. The molecule has 0 bridgehead atoms. The van der Waals surface area contributed by atoms with Crippen LogP contribution in [0.2, 0.25) is 0 Å². The summed E-state index contributed by atoms with van der Waals surface area (Å²) in [5.41, 5.74) is -8.61. The van der Waals surface area contributed by atoms with Gasteiger partial charge in [0, 0.05) is 24.3 Å². The van der Waals surface area contributed by atoms with Gasteiger partial charge in [0.05, 0.1) is 86.9 Å². The van der Waals surface area contributed by atoms with Gasteiger partial charge in [-0.05, 0) is 152 Å². The Hall–Kier alpha value is -4.94. The second-order valence-electron chi connectivity index (χ2n) is 44.1. The van der Waals surface area contributed by atoms with Crippen LogP contribution in [0.4, 0.5) is 0 Å². The molecular weight excluding hydrogens is 1910 g/mol. The molecule has 46 nitrogen and oxygen atoms in total. The molecule has 8 saturated heterocycles. The van der Waals surface area contributed by atoms with Gasteiger partial charge in [0.25, 0.3) is 0 Å². The quantitative estimate of drug-likeness (QED) is 0.00944. The van der Waals surface area contributed by atoms with Crippen molar-refractivity contribution in [1.82, 2.24) is 5.32 Å². The number of esters is 3. The predicted octanol–water partition coefficient (Wildman–Crippen LogP) is -4.89. The Morgan fingerprint density at radius 1 is 0.486 bits per heavy atom. The molecule has 5 aliphatic carbocycles. The van der Waals surface area contributed by atoms with Crippen molar-refractivity contribution < 1.29 is 222 Å². The molecule has 0 aromatic rings. The van der Waals surface area contributed by atoms with Gasteiger partial charge < -0.3 is 208 Å². The van der Waals surface area contributed by atoms with Crippen LogP contribution in [0.15, 0.2) is 60.3 Å². The monoisotopic (exact) mass is 2070 g/mol. The molecule has 0 aromatic heterocycles. The zero-order chi connectivity index (χ0) is 106. The van der Waals surface area contributed by atoms with Crippen molar-refractivity contribution in [2.24, 2.45) is 50.2 Å². The molecule has 144 heavy (non-hydrogen) atoms. The molecule has 8 heterocycles. The Kier molecular flexibility index (Phi) is 36.9. The highest BCUT2D eigenvalue weighted by atomic mass is 16.8. The van der Waals surface area contributed by atoms with Crippen LogP contribution in [-0.2, 0) is 104 Å². The highest BCUT2D eigenvalue weighted by Crippen LogP contribution is 2.76. The molecule has 0 spiro atoms. The number of ether oxygens (including phenoxy) is 18. The van der Waals surface area contributed by atoms with Crippen molar-refractivity contribution in [3.63, 3.8) is 0 Å². The van der Waals surface area contributed by atoms with Crippen molar-refractivity contribution >= 4 is 23.8 Å². The topological polar surface area (TPSA) is 712 Å². The van der Waals surface area contributed by atoms with Crippen LogP contribution in [0.3, 0.4) is 0 Å². The minimum atomic E-state index is -2.29. The third-order valence-corrected chi connectivity index (χ3v) is 33.9. The summed E-state index contributed by atoms with van der Waals surface area (Å²) in [6.45, 7) is 27.0. The minimum absolute atomic E-state index is 0.0300. The number of rotatable bonds is 34. The third-order valence-electron chi connectivity index (χ3n) is 33.9. The normalized spacial score (nSPS) is 47.9. The molecule has 24 N–H and O–H groups in total. The van der Waals surface area contributed by atoms with E-state index in [1.165, 1.54) is 52.8 Å². The maximum Gasteiger partial charge on any atom is 0.336 e. The molecule has 4 saturated carbocycles. The van der Waals surface area contributed by atoms with E-state index in [1.54, 1.807) is 33.8 Å². The van der Waals surface area contributed by atoms with Crippen LogP contribution in [0, 0.1) is 50.2 Å². The van der Waals surface area contributed by atoms with Gasteiger partial charge in [-0.15, -0.1) is 13.2 Å². The summed E-state index contributed by atoms with van der Waals surface area (Å²) in [4.78, 5) is 58.3. The number of aliphatic hydroxyl groups excluding tert-OH is 22. The number of allylic oxidation sites excluding steroid dienone is 4. The summed E-state index contributed by atoms with van der Waals surface area (Å²) in [5.74, 6) is -5.22. The van der Waals surface area contributed by atoms with Crippen molar-refractivity contribution in [3.8, 4) is 0 Å². The number of hydrogen-bond acceptors (Lipinski definition) is 45. The molecule has 0 aromatic carbocycles. The zero-order valence-electron chi connectivity index (χ0n) is 83.7. The number of carbonyl (C=O) groups is 4. The molecule has 1 amide bonds. The lowest BCUT2D eigenvalue weighted by Gasteiger charge is -2.72. The lowest BCUT2D eigenvalue weighted by atomic mass is 9.33. The fourth-order valence-corrected chi connectivity index (χ4v) is 24.6. The van der Waals surface area contributed by atoms with Crippen molar-refractivity contribution in [2.75, 3.05) is 39.6 Å². The van der Waals surface area contributed by atoms with Gasteiger partial charge in [0.1, 0.15) is 164 Å². The number of aliphatic hydroxyl groups is 23. The molecule has 50 atom stereocenters. The summed E-state index contributed by atoms with van der Waals surface area (Å²) in [6, 6.07) is -1.38. The van der Waals surface area contributed by atoms with E-state index in [9.17, 15) is 127 Å². The van der Waals surface area contributed by atoms with Crippen LogP contribution in [-0.4, -0.2) is 444 Å². The second-order valence-corrected chi connectivity index (χ2v) is 44.1. The van der Waals surface area contributed by atoms with Gasteiger partial charge in [-0.2, -0.15) is 0 Å². The van der Waals surface area contributed by atoms with E-state index in [0.717, 1.165) is 5.57 Å². The fraction of sp³-hybridized carbons (Fsp3) is 0.857. The molecule has 12 fully saturated rings. The third kappa shape index (κ3) is 22.6.